The van der Waals surface area contributed by atoms with Crippen molar-refractivity contribution in [3.63, 3.8) is 0 Å². The normalized spacial score (nSPS) is 21.1. The monoisotopic (exact) mass is 358 g/mol. The van der Waals surface area contributed by atoms with Crippen molar-refractivity contribution < 1.29 is 14.1 Å². The lowest BCUT2D eigenvalue weighted by Crippen LogP contribution is -2.34. The molecule has 1 saturated carbocycles. The molecule has 1 unspecified atom stereocenters. The van der Waals surface area contributed by atoms with Crippen LogP contribution in [0.4, 0.5) is 0 Å². The van der Waals surface area contributed by atoms with Gasteiger partial charge in [0.2, 0.25) is 5.89 Å². The minimum atomic E-state index is -0.285. The highest BCUT2D eigenvalue weighted by Crippen LogP contribution is 2.40. The van der Waals surface area contributed by atoms with E-state index in [0.29, 0.717) is 11.5 Å². The number of hydrogen-bond acceptors (Lipinski definition) is 6. The van der Waals surface area contributed by atoms with E-state index in [4.69, 9.17) is 9.26 Å². The minimum absolute atomic E-state index is 0.178. The highest BCUT2D eigenvalue weighted by atomic mass is 16.5. The molecule has 0 N–H and O–H groups in total. The molecule has 4 rings (SSSR count). The first-order chi connectivity index (χ1) is 12.6. The molecule has 26 heavy (non-hydrogen) atoms. The lowest BCUT2D eigenvalue weighted by molar-refractivity contribution is 0.0599. The van der Waals surface area contributed by atoms with Gasteiger partial charge in [-0.2, -0.15) is 4.98 Å². The van der Waals surface area contributed by atoms with Gasteiger partial charge in [-0.15, -0.1) is 0 Å². The zero-order valence-corrected chi connectivity index (χ0v) is 15.7. The largest absolute Gasteiger partial charge is 0.465 e. The molecule has 0 amide bonds. The molecule has 0 bridgehead atoms. The Bertz CT molecular complexity index is 806. The SMILES string of the molecule is COC(=O)c1cc(CN2CCCCC2c2noc(C3CC3)n2)n(C)c1C. The van der Waals surface area contributed by atoms with E-state index < -0.39 is 0 Å². The standard InChI is InChI=1S/C19H26N4O3/c1-12-15(19(24)25-3)10-14(22(12)2)11-23-9-5-4-6-16(23)17-20-18(26-21-17)13-7-8-13/h10,13,16H,4-9,11H2,1-3H3. The third kappa shape index (κ3) is 3.16. The number of piperidine rings is 1. The minimum Gasteiger partial charge on any atom is -0.465 e. The van der Waals surface area contributed by atoms with E-state index in [1.807, 2.05) is 20.0 Å². The molecule has 1 saturated heterocycles. The van der Waals surface area contributed by atoms with Crippen molar-refractivity contribution in [2.75, 3.05) is 13.7 Å². The van der Waals surface area contributed by atoms with Crippen LogP contribution in [0.1, 0.15) is 77.5 Å². The molecule has 2 aliphatic rings. The molecule has 1 aliphatic heterocycles. The first kappa shape index (κ1) is 17.3. The second-order valence-corrected chi connectivity index (χ2v) is 7.43. The van der Waals surface area contributed by atoms with Gasteiger partial charge in [-0.05, 0) is 45.2 Å². The molecule has 1 atom stereocenters. The number of aromatic nitrogens is 3. The summed E-state index contributed by atoms with van der Waals surface area (Å²) in [4.78, 5) is 19.0. The second kappa shape index (κ2) is 6.87. The van der Waals surface area contributed by atoms with Crippen LogP contribution in [0.25, 0.3) is 0 Å². The van der Waals surface area contributed by atoms with Crippen LogP contribution in [0, 0.1) is 6.92 Å². The first-order valence-electron chi connectivity index (χ1n) is 9.39. The summed E-state index contributed by atoms with van der Waals surface area (Å²) in [7, 11) is 3.42. The van der Waals surface area contributed by atoms with Crippen LogP contribution >= 0.6 is 0 Å². The molecule has 3 heterocycles. The van der Waals surface area contributed by atoms with E-state index in [1.54, 1.807) is 0 Å². The van der Waals surface area contributed by atoms with Crippen LogP contribution in [0.3, 0.4) is 0 Å². The van der Waals surface area contributed by atoms with Gasteiger partial charge in [-0.1, -0.05) is 11.6 Å². The number of likely N-dealkylation sites (tertiary alicyclic amines) is 1. The van der Waals surface area contributed by atoms with E-state index in [2.05, 4.69) is 19.6 Å². The van der Waals surface area contributed by atoms with Gasteiger partial charge in [0, 0.05) is 30.9 Å². The maximum Gasteiger partial charge on any atom is 0.339 e. The molecule has 0 aromatic carbocycles. The van der Waals surface area contributed by atoms with Crippen LogP contribution in [0.15, 0.2) is 10.6 Å². The van der Waals surface area contributed by atoms with Crippen LogP contribution in [0.5, 0.6) is 0 Å². The molecule has 1 aliphatic carbocycles. The molecule has 2 fully saturated rings. The summed E-state index contributed by atoms with van der Waals surface area (Å²) in [6, 6.07) is 2.12. The Hall–Kier alpha value is -2.15. The summed E-state index contributed by atoms with van der Waals surface area (Å²) < 4.78 is 12.5. The van der Waals surface area contributed by atoms with Gasteiger partial charge < -0.3 is 13.8 Å². The number of rotatable bonds is 5. The van der Waals surface area contributed by atoms with Crippen LogP contribution in [0.2, 0.25) is 0 Å². The lowest BCUT2D eigenvalue weighted by Gasteiger charge is -2.33. The highest BCUT2D eigenvalue weighted by Gasteiger charge is 2.33. The summed E-state index contributed by atoms with van der Waals surface area (Å²) >= 11 is 0. The number of ether oxygens (including phenoxy) is 1. The molecule has 140 valence electrons. The summed E-state index contributed by atoms with van der Waals surface area (Å²) in [5.74, 6) is 1.80. The number of methoxy groups -OCH3 is 1. The van der Waals surface area contributed by atoms with Crippen molar-refractivity contribution in [3.8, 4) is 0 Å². The van der Waals surface area contributed by atoms with Gasteiger partial charge in [0.1, 0.15) is 0 Å². The Labute approximate surface area is 153 Å². The second-order valence-electron chi connectivity index (χ2n) is 7.43. The number of carbonyl (C=O) groups is 1. The molecule has 2 aromatic heterocycles. The fourth-order valence-electron chi connectivity index (χ4n) is 3.79. The molecule has 0 radical (unpaired) electrons. The average molecular weight is 358 g/mol. The average Bonchev–Trinajstić information content (AvgIpc) is 3.33. The van der Waals surface area contributed by atoms with Crippen molar-refractivity contribution in [2.24, 2.45) is 7.05 Å². The fraction of sp³-hybridized carbons (Fsp3) is 0.632. The van der Waals surface area contributed by atoms with Gasteiger partial charge in [0.05, 0.1) is 18.7 Å². The molecule has 0 spiro atoms. The third-order valence-corrected chi connectivity index (χ3v) is 5.70. The Morgan fingerprint density at radius 1 is 1.35 bits per heavy atom. The van der Waals surface area contributed by atoms with Crippen molar-refractivity contribution in [1.29, 1.82) is 0 Å². The van der Waals surface area contributed by atoms with E-state index in [9.17, 15) is 4.79 Å². The van der Waals surface area contributed by atoms with Gasteiger partial charge in [0.15, 0.2) is 5.82 Å². The number of esters is 1. The molecule has 7 heteroatoms. The quantitative estimate of drug-likeness (QED) is 0.765. The Kier molecular flexibility index (Phi) is 4.56. The smallest absolute Gasteiger partial charge is 0.339 e. The summed E-state index contributed by atoms with van der Waals surface area (Å²) in [6.45, 7) is 3.70. The van der Waals surface area contributed by atoms with Crippen molar-refractivity contribution >= 4 is 5.97 Å². The summed E-state index contributed by atoms with van der Waals surface area (Å²) in [6.07, 6.45) is 5.70. The summed E-state index contributed by atoms with van der Waals surface area (Å²) in [5, 5.41) is 4.27. The Morgan fingerprint density at radius 3 is 2.88 bits per heavy atom. The lowest BCUT2D eigenvalue weighted by atomic mass is 10.0. The molecular formula is C19H26N4O3. The highest BCUT2D eigenvalue weighted by molar-refractivity contribution is 5.91. The third-order valence-electron chi connectivity index (χ3n) is 5.70. The number of hydrogen-bond donors (Lipinski definition) is 0. The van der Waals surface area contributed by atoms with Gasteiger partial charge in [0.25, 0.3) is 0 Å². The topological polar surface area (TPSA) is 73.4 Å². The van der Waals surface area contributed by atoms with Gasteiger partial charge in [-0.3, -0.25) is 4.90 Å². The molecule has 7 nitrogen and oxygen atoms in total. The zero-order valence-electron chi connectivity index (χ0n) is 15.7. The van der Waals surface area contributed by atoms with Crippen molar-refractivity contribution in [2.45, 2.75) is 57.5 Å². The van der Waals surface area contributed by atoms with Gasteiger partial charge in [-0.25, -0.2) is 4.79 Å². The van der Waals surface area contributed by atoms with Crippen molar-refractivity contribution in [3.05, 3.63) is 34.7 Å². The maximum absolute atomic E-state index is 12.0. The first-order valence-corrected chi connectivity index (χ1v) is 9.39. The molecule has 2 aromatic rings. The Balaban J connectivity index is 1.56. The van der Waals surface area contributed by atoms with E-state index in [0.717, 1.165) is 61.9 Å². The summed E-state index contributed by atoms with van der Waals surface area (Å²) in [5.41, 5.74) is 2.66. The predicted octanol–water partition coefficient (Wildman–Crippen LogP) is 3.11. The van der Waals surface area contributed by atoms with Crippen LogP contribution in [-0.4, -0.2) is 39.2 Å². The van der Waals surface area contributed by atoms with Crippen molar-refractivity contribution in [1.82, 2.24) is 19.6 Å². The van der Waals surface area contributed by atoms with Crippen LogP contribution in [-0.2, 0) is 18.3 Å². The van der Waals surface area contributed by atoms with E-state index >= 15 is 0 Å². The van der Waals surface area contributed by atoms with E-state index in [-0.39, 0.29) is 12.0 Å². The van der Waals surface area contributed by atoms with Gasteiger partial charge >= 0.3 is 5.97 Å². The molecular weight excluding hydrogens is 332 g/mol. The predicted molar refractivity (Wildman–Crippen MR) is 94.8 cm³/mol. The number of nitrogens with zero attached hydrogens (tertiary/aromatic N) is 4. The zero-order chi connectivity index (χ0) is 18.3. The van der Waals surface area contributed by atoms with E-state index in [1.165, 1.54) is 13.5 Å². The number of carbonyl (C=O) groups excluding carboxylic acids is 1. The fourth-order valence-corrected chi connectivity index (χ4v) is 3.79. The Morgan fingerprint density at radius 2 is 2.15 bits per heavy atom. The maximum atomic E-state index is 12.0. The van der Waals surface area contributed by atoms with Crippen LogP contribution < -0.4 is 0 Å².